The molecule has 1 N–H and O–H groups in total. The van der Waals surface area contributed by atoms with Gasteiger partial charge in [0.1, 0.15) is 0 Å². The molecule has 1 aromatic carbocycles. The number of para-hydroxylation sites is 1. The Morgan fingerprint density at radius 3 is 2.74 bits per heavy atom. The van der Waals surface area contributed by atoms with Gasteiger partial charge in [-0.15, -0.1) is 0 Å². The average Bonchev–Trinajstić information content (AvgIpc) is 2.44. The van der Waals surface area contributed by atoms with Crippen molar-refractivity contribution in [1.82, 2.24) is 10.3 Å². The number of nitro benzene ring substituents is 1. The minimum atomic E-state index is -0.440. The van der Waals surface area contributed by atoms with Crippen molar-refractivity contribution in [3.8, 4) is 0 Å². The third-order valence-electron chi connectivity index (χ3n) is 3.36. The highest BCUT2D eigenvalue weighted by atomic mass is 16.6. The zero-order chi connectivity index (χ0) is 17.1. The van der Waals surface area contributed by atoms with E-state index < -0.39 is 4.92 Å². The number of pyridine rings is 1. The molecule has 7 nitrogen and oxygen atoms in total. The molecule has 0 saturated carbocycles. The lowest BCUT2D eigenvalue weighted by atomic mass is 10.1. The number of nitro groups is 1. The van der Waals surface area contributed by atoms with Crippen LogP contribution in [0.4, 0.5) is 11.4 Å². The average molecular weight is 316 g/mol. The van der Waals surface area contributed by atoms with Crippen LogP contribution < -0.4 is 10.2 Å². The lowest BCUT2D eigenvalue weighted by Crippen LogP contribution is -2.38. The number of likely N-dealkylation sites (N-methyl/N-ethyl adjacent to an activating group) is 1. The highest BCUT2D eigenvalue weighted by molar-refractivity contribution is 5.98. The fourth-order valence-corrected chi connectivity index (χ4v) is 2.47. The van der Waals surface area contributed by atoms with Crippen LogP contribution in [0.2, 0.25) is 0 Å². The van der Waals surface area contributed by atoms with Crippen molar-refractivity contribution in [3.05, 3.63) is 40.1 Å². The SMILES string of the molecule is Cc1cc(N(C)CC(=O)NC(C)C)c2cccc([N+](=O)[O-])c2n1. The second-order valence-electron chi connectivity index (χ2n) is 5.79. The number of amides is 1. The van der Waals surface area contributed by atoms with Crippen LogP contribution in [0.5, 0.6) is 0 Å². The molecular formula is C16H20N4O3. The van der Waals surface area contributed by atoms with Crippen molar-refractivity contribution in [2.75, 3.05) is 18.5 Å². The predicted octanol–water partition coefficient (Wildman–Crippen LogP) is 2.41. The normalized spacial score (nSPS) is 10.8. The number of hydrogen-bond donors (Lipinski definition) is 1. The van der Waals surface area contributed by atoms with Gasteiger partial charge in [0.2, 0.25) is 5.91 Å². The van der Waals surface area contributed by atoms with Crippen molar-refractivity contribution in [1.29, 1.82) is 0 Å². The quantitative estimate of drug-likeness (QED) is 0.676. The van der Waals surface area contributed by atoms with Gasteiger partial charge in [0.05, 0.1) is 11.5 Å². The van der Waals surface area contributed by atoms with Gasteiger partial charge < -0.3 is 10.2 Å². The maximum Gasteiger partial charge on any atom is 0.295 e. The molecule has 0 aliphatic heterocycles. The molecule has 23 heavy (non-hydrogen) atoms. The number of carbonyl (C=O) groups excluding carboxylic acids is 1. The van der Waals surface area contributed by atoms with E-state index in [1.54, 1.807) is 31.0 Å². The summed E-state index contributed by atoms with van der Waals surface area (Å²) in [5.74, 6) is -0.101. The van der Waals surface area contributed by atoms with Gasteiger partial charge in [-0.1, -0.05) is 12.1 Å². The van der Waals surface area contributed by atoms with Crippen molar-refractivity contribution in [2.45, 2.75) is 26.8 Å². The molecule has 0 saturated heterocycles. The van der Waals surface area contributed by atoms with E-state index in [4.69, 9.17) is 0 Å². The Labute approximate surface area is 134 Å². The zero-order valence-electron chi connectivity index (χ0n) is 13.7. The maximum absolute atomic E-state index is 12.0. The number of carbonyl (C=O) groups is 1. The van der Waals surface area contributed by atoms with E-state index in [0.29, 0.717) is 16.6 Å². The first-order chi connectivity index (χ1) is 10.8. The van der Waals surface area contributed by atoms with Gasteiger partial charge in [-0.3, -0.25) is 14.9 Å². The van der Waals surface area contributed by atoms with Gasteiger partial charge in [-0.05, 0) is 26.8 Å². The number of hydrogen-bond acceptors (Lipinski definition) is 5. The van der Waals surface area contributed by atoms with Crippen molar-refractivity contribution in [3.63, 3.8) is 0 Å². The summed E-state index contributed by atoms with van der Waals surface area (Å²) in [6, 6.07) is 6.73. The lowest BCUT2D eigenvalue weighted by Gasteiger charge is -2.21. The summed E-state index contributed by atoms with van der Waals surface area (Å²) >= 11 is 0. The number of rotatable bonds is 5. The van der Waals surface area contributed by atoms with Gasteiger partial charge in [0.15, 0.2) is 5.52 Å². The van der Waals surface area contributed by atoms with Gasteiger partial charge in [0.25, 0.3) is 5.69 Å². The van der Waals surface area contributed by atoms with Crippen LogP contribution in [0.1, 0.15) is 19.5 Å². The highest BCUT2D eigenvalue weighted by Crippen LogP contribution is 2.31. The standard InChI is InChI=1S/C16H20N4O3/c1-10(2)17-15(21)9-19(4)14-8-11(3)18-16-12(14)6-5-7-13(16)20(22)23/h5-8,10H,9H2,1-4H3,(H,17,21). The lowest BCUT2D eigenvalue weighted by molar-refractivity contribution is -0.383. The molecule has 0 bridgehead atoms. The number of benzene rings is 1. The summed E-state index contributed by atoms with van der Waals surface area (Å²) in [6.45, 7) is 5.74. The molecule has 1 amide bonds. The third-order valence-corrected chi connectivity index (χ3v) is 3.36. The van der Waals surface area contributed by atoms with E-state index in [1.165, 1.54) is 6.07 Å². The van der Waals surface area contributed by atoms with E-state index in [9.17, 15) is 14.9 Å². The Balaban J connectivity index is 2.46. The molecule has 7 heteroatoms. The summed E-state index contributed by atoms with van der Waals surface area (Å²) in [6.07, 6.45) is 0. The fraction of sp³-hybridized carbons (Fsp3) is 0.375. The molecule has 0 radical (unpaired) electrons. The van der Waals surface area contributed by atoms with Crippen LogP contribution in [0.25, 0.3) is 10.9 Å². The fourth-order valence-electron chi connectivity index (χ4n) is 2.47. The molecular weight excluding hydrogens is 296 g/mol. The highest BCUT2D eigenvalue weighted by Gasteiger charge is 2.18. The van der Waals surface area contributed by atoms with Crippen LogP contribution >= 0.6 is 0 Å². The second kappa shape index (κ2) is 6.60. The molecule has 0 aliphatic carbocycles. The van der Waals surface area contributed by atoms with E-state index in [0.717, 1.165) is 5.69 Å². The van der Waals surface area contributed by atoms with Crippen molar-refractivity contribution >= 4 is 28.2 Å². The first-order valence-corrected chi connectivity index (χ1v) is 7.35. The third kappa shape index (κ3) is 3.74. The summed E-state index contributed by atoms with van der Waals surface area (Å²) in [4.78, 5) is 28.8. The first kappa shape index (κ1) is 16.7. The van der Waals surface area contributed by atoms with Crippen LogP contribution in [0.3, 0.4) is 0 Å². The van der Waals surface area contributed by atoms with E-state index in [-0.39, 0.29) is 24.2 Å². The summed E-state index contributed by atoms with van der Waals surface area (Å²) in [7, 11) is 1.78. The first-order valence-electron chi connectivity index (χ1n) is 7.35. The molecule has 2 aromatic rings. The number of aryl methyl sites for hydroxylation is 1. The van der Waals surface area contributed by atoms with Crippen molar-refractivity contribution < 1.29 is 9.72 Å². The van der Waals surface area contributed by atoms with E-state index >= 15 is 0 Å². The van der Waals surface area contributed by atoms with Crippen LogP contribution in [-0.2, 0) is 4.79 Å². The van der Waals surface area contributed by atoms with Crippen molar-refractivity contribution in [2.24, 2.45) is 0 Å². The Bertz CT molecular complexity index is 758. The largest absolute Gasteiger partial charge is 0.365 e. The Hall–Kier alpha value is -2.70. The molecule has 0 spiro atoms. The van der Waals surface area contributed by atoms with Crippen LogP contribution in [0.15, 0.2) is 24.3 Å². The summed E-state index contributed by atoms with van der Waals surface area (Å²) < 4.78 is 0. The molecule has 0 atom stereocenters. The Kier molecular flexibility index (Phi) is 4.78. The molecule has 122 valence electrons. The van der Waals surface area contributed by atoms with Gasteiger partial charge in [0, 0.05) is 35.9 Å². The summed E-state index contributed by atoms with van der Waals surface area (Å²) in [5.41, 5.74) is 1.71. The van der Waals surface area contributed by atoms with Gasteiger partial charge in [-0.2, -0.15) is 0 Å². The maximum atomic E-state index is 12.0. The molecule has 0 aliphatic rings. The minimum Gasteiger partial charge on any atom is -0.365 e. The molecule has 2 rings (SSSR count). The number of nitrogens with zero attached hydrogens (tertiary/aromatic N) is 3. The number of nitrogens with one attached hydrogen (secondary N) is 1. The number of non-ortho nitro benzene ring substituents is 1. The molecule has 1 aromatic heterocycles. The molecule has 0 fully saturated rings. The van der Waals surface area contributed by atoms with Gasteiger partial charge >= 0.3 is 0 Å². The second-order valence-corrected chi connectivity index (χ2v) is 5.79. The monoisotopic (exact) mass is 316 g/mol. The Morgan fingerprint density at radius 1 is 1.43 bits per heavy atom. The number of aromatic nitrogens is 1. The molecule has 1 heterocycles. The zero-order valence-corrected chi connectivity index (χ0v) is 13.7. The van der Waals surface area contributed by atoms with E-state index in [2.05, 4.69) is 10.3 Å². The number of anilines is 1. The Morgan fingerprint density at radius 2 is 2.13 bits per heavy atom. The van der Waals surface area contributed by atoms with Gasteiger partial charge in [-0.25, -0.2) is 4.98 Å². The number of fused-ring (bicyclic) bond motifs is 1. The predicted molar refractivity (Wildman–Crippen MR) is 89.7 cm³/mol. The summed E-state index contributed by atoms with van der Waals surface area (Å²) in [5, 5.41) is 14.7. The van der Waals surface area contributed by atoms with Crippen LogP contribution in [0, 0.1) is 17.0 Å². The topological polar surface area (TPSA) is 88.4 Å². The minimum absolute atomic E-state index is 0.0347. The smallest absolute Gasteiger partial charge is 0.295 e. The van der Waals surface area contributed by atoms with Crippen LogP contribution in [-0.4, -0.2) is 35.4 Å². The van der Waals surface area contributed by atoms with E-state index in [1.807, 2.05) is 19.9 Å². The molecule has 0 unspecified atom stereocenters.